The molecular weight excluding hydrogens is 388 g/mol. The van der Waals surface area contributed by atoms with E-state index in [9.17, 15) is 9.59 Å². The zero-order valence-corrected chi connectivity index (χ0v) is 17.0. The minimum absolute atomic E-state index is 0.258. The Morgan fingerprint density at radius 2 is 1.83 bits per heavy atom. The van der Waals surface area contributed by atoms with Crippen molar-refractivity contribution in [3.8, 4) is 0 Å². The molecule has 1 unspecified atom stereocenters. The molecule has 7 heteroatoms. The predicted octanol–water partition coefficient (Wildman–Crippen LogP) is 4.16. The summed E-state index contributed by atoms with van der Waals surface area (Å²) in [5.74, 6) is -0.696. The van der Waals surface area contributed by atoms with Gasteiger partial charge in [-0.1, -0.05) is 54.2 Å². The lowest BCUT2D eigenvalue weighted by molar-refractivity contribution is -0.138. The van der Waals surface area contributed by atoms with Crippen LogP contribution in [0, 0.1) is 0 Å². The lowest BCUT2D eigenvalue weighted by atomic mass is 9.97. The molecule has 150 valence electrons. The number of amidine groups is 1. The van der Waals surface area contributed by atoms with Crippen molar-refractivity contribution in [2.45, 2.75) is 25.6 Å². The second-order valence-corrected chi connectivity index (χ2v) is 7.39. The van der Waals surface area contributed by atoms with Gasteiger partial charge in [0.15, 0.2) is 5.17 Å². The molecule has 0 radical (unpaired) electrons. The molecule has 1 aliphatic heterocycles. The first kappa shape index (κ1) is 20.7. The normalized spacial score (nSPS) is 16.1. The highest BCUT2D eigenvalue weighted by Gasteiger charge is 2.30. The molecule has 0 saturated heterocycles. The van der Waals surface area contributed by atoms with Crippen molar-refractivity contribution in [2.24, 2.45) is 4.99 Å². The molecule has 2 aromatic rings. The SMILES string of the molecule is CCOC(=O)C1=C(C)NC(SCc2ccc(C(=O)O)cc2)=NC1c1ccccc1. The third-order valence-corrected chi connectivity index (χ3v) is 5.36. The standard InChI is InChI=1S/C22H22N2O4S/c1-3-28-21(27)18-14(2)23-22(24-19(18)16-7-5-4-6-8-16)29-13-15-9-11-17(12-10-15)20(25)26/h4-12,19H,3,13H2,1-2H3,(H,23,24)(H,25,26). The number of thioether (sulfide) groups is 1. The van der Waals surface area contributed by atoms with Gasteiger partial charge < -0.3 is 15.2 Å². The summed E-state index contributed by atoms with van der Waals surface area (Å²) >= 11 is 1.50. The molecule has 0 aliphatic carbocycles. The Morgan fingerprint density at radius 3 is 2.45 bits per heavy atom. The number of allylic oxidation sites excluding steroid dienone is 1. The molecule has 0 aromatic heterocycles. The van der Waals surface area contributed by atoms with E-state index in [1.54, 1.807) is 31.2 Å². The zero-order valence-electron chi connectivity index (χ0n) is 16.2. The van der Waals surface area contributed by atoms with Gasteiger partial charge in [0.05, 0.1) is 17.7 Å². The van der Waals surface area contributed by atoms with Gasteiger partial charge in [-0.3, -0.25) is 0 Å². The molecule has 1 atom stereocenters. The highest BCUT2D eigenvalue weighted by Crippen LogP contribution is 2.33. The van der Waals surface area contributed by atoms with Crippen molar-refractivity contribution in [2.75, 3.05) is 6.61 Å². The number of carboxylic acids is 1. The Balaban J connectivity index is 1.81. The lowest BCUT2D eigenvalue weighted by Gasteiger charge is -2.25. The van der Waals surface area contributed by atoms with Crippen molar-refractivity contribution in [1.29, 1.82) is 0 Å². The first-order chi connectivity index (χ1) is 14.0. The fraction of sp³-hybridized carbons (Fsp3) is 0.227. The number of carboxylic acid groups (broad SMARTS) is 1. The Hall–Kier alpha value is -3.06. The van der Waals surface area contributed by atoms with Crippen LogP contribution in [0.25, 0.3) is 0 Å². The molecule has 0 spiro atoms. The topological polar surface area (TPSA) is 88.0 Å². The van der Waals surface area contributed by atoms with Gasteiger partial charge in [-0.15, -0.1) is 0 Å². The second-order valence-electron chi connectivity index (χ2n) is 6.42. The Bertz CT molecular complexity index is 953. The van der Waals surface area contributed by atoms with Crippen molar-refractivity contribution in [3.63, 3.8) is 0 Å². The Labute approximate surface area is 173 Å². The predicted molar refractivity (Wildman–Crippen MR) is 114 cm³/mol. The van der Waals surface area contributed by atoms with Crippen LogP contribution < -0.4 is 5.32 Å². The number of carbonyl (C=O) groups is 2. The number of nitrogens with one attached hydrogen (secondary N) is 1. The molecule has 2 N–H and O–H groups in total. The van der Waals surface area contributed by atoms with E-state index in [4.69, 9.17) is 14.8 Å². The number of ether oxygens (including phenoxy) is 1. The van der Waals surface area contributed by atoms with Crippen LogP contribution in [0.5, 0.6) is 0 Å². The van der Waals surface area contributed by atoms with Gasteiger partial charge in [-0.05, 0) is 37.1 Å². The van der Waals surface area contributed by atoms with Crippen LogP contribution in [-0.2, 0) is 15.3 Å². The molecule has 1 aliphatic rings. The Morgan fingerprint density at radius 1 is 1.14 bits per heavy atom. The molecule has 0 fully saturated rings. The number of carbonyl (C=O) groups excluding carboxylic acids is 1. The van der Waals surface area contributed by atoms with Crippen molar-refractivity contribution >= 4 is 28.9 Å². The molecular formula is C22H22N2O4S. The summed E-state index contributed by atoms with van der Waals surface area (Å²) in [6, 6.07) is 16.0. The van der Waals surface area contributed by atoms with E-state index >= 15 is 0 Å². The van der Waals surface area contributed by atoms with E-state index in [0.717, 1.165) is 16.8 Å². The van der Waals surface area contributed by atoms with Crippen LogP contribution in [0.1, 0.15) is 41.4 Å². The average Bonchev–Trinajstić information content (AvgIpc) is 2.73. The number of aromatic carboxylic acids is 1. The summed E-state index contributed by atoms with van der Waals surface area (Å²) in [6.45, 7) is 3.93. The van der Waals surface area contributed by atoms with Crippen LogP contribution in [0.15, 0.2) is 70.9 Å². The van der Waals surface area contributed by atoms with Crippen LogP contribution in [0.3, 0.4) is 0 Å². The van der Waals surface area contributed by atoms with Crippen molar-refractivity contribution in [3.05, 3.63) is 82.6 Å². The maximum Gasteiger partial charge on any atom is 0.338 e. The highest BCUT2D eigenvalue weighted by atomic mass is 32.2. The number of hydrogen-bond acceptors (Lipinski definition) is 6. The van der Waals surface area contributed by atoms with E-state index in [2.05, 4.69) is 5.32 Å². The number of benzene rings is 2. The summed E-state index contributed by atoms with van der Waals surface area (Å²) in [6.07, 6.45) is 0. The third kappa shape index (κ3) is 5.06. The maximum atomic E-state index is 12.5. The monoisotopic (exact) mass is 410 g/mol. The molecule has 3 rings (SSSR count). The average molecular weight is 410 g/mol. The van der Waals surface area contributed by atoms with Crippen LogP contribution in [0.2, 0.25) is 0 Å². The van der Waals surface area contributed by atoms with Gasteiger partial charge in [-0.25, -0.2) is 14.6 Å². The third-order valence-electron chi connectivity index (χ3n) is 4.41. The van der Waals surface area contributed by atoms with Crippen molar-refractivity contribution < 1.29 is 19.4 Å². The van der Waals surface area contributed by atoms with E-state index in [1.807, 2.05) is 37.3 Å². The van der Waals surface area contributed by atoms with E-state index in [0.29, 0.717) is 23.1 Å². The van der Waals surface area contributed by atoms with Gasteiger partial charge in [0.2, 0.25) is 0 Å². The Kier molecular flexibility index (Phi) is 6.72. The summed E-state index contributed by atoms with van der Waals surface area (Å²) in [4.78, 5) is 28.3. The molecule has 1 heterocycles. The maximum absolute atomic E-state index is 12.5. The largest absolute Gasteiger partial charge is 0.478 e. The first-order valence-corrected chi connectivity index (χ1v) is 10.2. The van der Waals surface area contributed by atoms with Gasteiger partial charge >= 0.3 is 11.9 Å². The van der Waals surface area contributed by atoms with Crippen LogP contribution in [0.4, 0.5) is 0 Å². The zero-order chi connectivity index (χ0) is 20.8. The lowest BCUT2D eigenvalue weighted by Crippen LogP contribution is -2.30. The minimum Gasteiger partial charge on any atom is -0.478 e. The minimum atomic E-state index is -0.944. The number of hydrogen-bond donors (Lipinski definition) is 2. The summed E-state index contributed by atoms with van der Waals surface area (Å²) in [7, 11) is 0. The summed E-state index contributed by atoms with van der Waals surface area (Å²) in [5, 5.41) is 12.9. The van der Waals surface area contributed by atoms with E-state index < -0.39 is 12.0 Å². The van der Waals surface area contributed by atoms with E-state index in [1.165, 1.54) is 11.8 Å². The number of aliphatic imine (C=N–C) groups is 1. The second kappa shape index (κ2) is 9.43. The first-order valence-electron chi connectivity index (χ1n) is 9.22. The molecule has 6 nitrogen and oxygen atoms in total. The summed E-state index contributed by atoms with van der Waals surface area (Å²) in [5.41, 5.74) is 3.39. The quantitative estimate of drug-likeness (QED) is 0.696. The fourth-order valence-corrected chi connectivity index (χ4v) is 3.87. The van der Waals surface area contributed by atoms with Crippen molar-refractivity contribution in [1.82, 2.24) is 5.32 Å². The summed E-state index contributed by atoms with van der Waals surface area (Å²) < 4.78 is 5.24. The highest BCUT2D eigenvalue weighted by molar-refractivity contribution is 8.13. The molecule has 0 bridgehead atoms. The molecule has 0 amide bonds. The van der Waals surface area contributed by atoms with Crippen LogP contribution >= 0.6 is 11.8 Å². The van der Waals surface area contributed by atoms with Gasteiger partial charge in [0, 0.05) is 11.4 Å². The smallest absolute Gasteiger partial charge is 0.338 e. The van der Waals surface area contributed by atoms with Gasteiger partial charge in [-0.2, -0.15) is 0 Å². The fourth-order valence-electron chi connectivity index (χ4n) is 2.97. The van der Waals surface area contributed by atoms with Gasteiger partial charge in [0.1, 0.15) is 6.04 Å². The molecule has 29 heavy (non-hydrogen) atoms. The van der Waals surface area contributed by atoms with Crippen LogP contribution in [-0.4, -0.2) is 28.8 Å². The molecule has 2 aromatic carbocycles. The van der Waals surface area contributed by atoms with E-state index in [-0.39, 0.29) is 11.5 Å². The van der Waals surface area contributed by atoms with Gasteiger partial charge in [0.25, 0.3) is 0 Å². The number of rotatable bonds is 6. The number of esters is 1. The number of nitrogens with zero attached hydrogens (tertiary/aromatic N) is 1. The molecule has 0 saturated carbocycles.